The normalized spacial score (nSPS) is 16.9. The Labute approximate surface area is 206 Å². The first-order valence-electron chi connectivity index (χ1n) is 11.0. The molecule has 1 aliphatic rings. The van der Waals surface area contributed by atoms with Crippen molar-refractivity contribution >= 4 is 33.4 Å². The van der Waals surface area contributed by atoms with Gasteiger partial charge in [-0.1, -0.05) is 46.3 Å². The van der Waals surface area contributed by atoms with Gasteiger partial charge in [-0.3, -0.25) is 15.6 Å². The van der Waals surface area contributed by atoms with E-state index in [1.54, 1.807) is 0 Å². The monoisotopic (exact) mass is 523 g/mol. The van der Waals surface area contributed by atoms with Crippen LogP contribution in [0.5, 0.6) is 5.75 Å². The number of hydrogen-bond acceptors (Lipinski definition) is 6. The fourth-order valence-corrected chi connectivity index (χ4v) is 3.80. The Hall–Kier alpha value is -3.36. The minimum Gasteiger partial charge on any atom is -0.494 e. The molecule has 1 aliphatic heterocycles. The zero-order valence-corrected chi connectivity index (χ0v) is 20.1. The number of nitrogens with one attached hydrogen (secondary N) is 2. The standard InChI is InChI=1S/C26H26BrN3O4/c27-21-11-7-19(8-12-21)17-26(25(32)30-29-22-5-2-1-3-6-22)18-34-24(28-26)20-9-13-23(14-10-20)33-16-4-15-31/h1-3,5-14,29,31H,4,15-18H2,(H,30,32)/t26-/m0/s1. The number of aliphatic hydroxyl groups is 1. The Morgan fingerprint density at radius 1 is 1.06 bits per heavy atom. The summed E-state index contributed by atoms with van der Waals surface area (Å²) >= 11 is 3.45. The SMILES string of the molecule is O=C(NNc1ccccc1)[C@]1(Cc2ccc(Br)cc2)COC(c2ccc(OCCCO)cc2)=N1. The Morgan fingerprint density at radius 2 is 1.79 bits per heavy atom. The zero-order chi connectivity index (χ0) is 23.8. The first kappa shape index (κ1) is 23.8. The van der Waals surface area contributed by atoms with E-state index in [-0.39, 0.29) is 19.1 Å². The quantitative estimate of drug-likeness (QED) is 0.274. The zero-order valence-electron chi connectivity index (χ0n) is 18.5. The Morgan fingerprint density at radius 3 is 2.50 bits per heavy atom. The number of hydrazine groups is 1. The Bertz CT molecular complexity index is 1120. The Kier molecular flexibility index (Phi) is 7.82. The number of nitrogens with zero attached hydrogens (tertiary/aromatic N) is 1. The fraction of sp³-hybridized carbons (Fsp3) is 0.231. The summed E-state index contributed by atoms with van der Waals surface area (Å²) in [4.78, 5) is 18.2. The molecule has 0 fully saturated rings. The molecule has 1 amide bonds. The van der Waals surface area contributed by atoms with Crippen molar-refractivity contribution in [1.82, 2.24) is 5.43 Å². The number of para-hydroxylation sites is 1. The molecule has 4 rings (SSSR count). The second kappa shape index (κ2) is 11.2. The van der Waals surface area contributed by atoms with Crippen molar-refractivity contribution in [2.45, 2.75) is 18.4 Å². The third-order valence-corrected chi connectivity index (χ3v) is 5.89. The highest BCUT2D eigenvalue weighted by Gasteiger charge is 2.44. The van der Waals surface area contributed by atoms with Crippen molar-refractivity contribution in [2.24, 2.45) is 4.99 Å². The molecule has 7 nitrogen and oxygen atoms in total. The lowest BCUT2D eigenvalue weighted by Gasteiger charge is -2.23. The van der Waals surface area contributed by atoms with Crippen LogP contribution in [0.15, 0.2) is 88.3 Å². The summed E-state index contributed by atoms with van der Waals surface area (Å²) in [5.74, 6) is 0.828. The highest BCUT2D eigenvalue weighted by Crippen LogP contribution is 2.28. The molecule has 0 saturated heterocycles. The summed E-state index contributed by atoms with van der Waals surface area (Å²) < 4.78 is 12.5. The lowest BCUT2D eigenvalue weighted by Crippen LogP contribution is -2.50. The van der Waals surface area contributed by atoms with Crippen molar-refractivity contribution < 1.29 is 19.4 Å². The number of hydrogen-bond donors (Lipinski definition) is 3. The van der Waals surface area contributed by atoms with Crippen molar-refractivity contribution in [3.8, 4) is 5.75 Å². The molecule has 8 heteroatoms. The van der Waals surface area contributed by atoms with E-state index in [1.165, 1.54) is 0 Å². The van der Waals surface area contributed by atoms with Crippen LogP contribution in [0.3, 0.4) is 0 Å². The number of amides is 1. The number of carbonyl (C=O) groups is 1. The van der Waals surface area contributed by atoms with Crippen LogP contribution in [0.4, 0.5) is 5.69 Å². The van der Waals surface area contributed by atoms with Crippen molar-refractivity contribution in [2.75, 3.05) is 25.2 Å². The lowest BCUT2D eigenvalue weighted by molar-refractivity contribution is -0.126. The minimum absolute atomic E-state index is 0.0877. The summed E-state index contributed by atoms with van der Waals surface area (Å²) in [6.07, 6.45) is 0.955. The van der Waals surface area contributed by atoms with Gasteiger partial charge in [0.25, 0.3) is 5.91 Å². The predicted molar refractivity (Wildman–Crippen MR) is 135 cm³/mol. The molecular weight excluding hydrogens is 498 g/mol. The van der Waals surface area contributed by atoms with E-state index in [0.29, 0.717) is 31.1 Å². The van der Waals surface area contributed by atoms with E-state index in [0.717, 1.165) is 21.3 Å². The molecule has 0 radical (unpaired) electrons. The van der Waals surface area contributed by atoms with Gasteiger partial charge in [0.15, 0.2) is 5.54 Å². The number of rotatable bonds is 10. The summed E-state index contributed by atoms with van der Waals surface area (Å²) in [5.41, 5.74) is 7.14. The molecule has 0 unspecified atom stereocenters. The predicted octanol–water partition coefficient (Wildman–Crippen LogP) is 4.11. The van der Waals surface area contributed by atoms with Gasteiger partial charge in [-0.25, -0.2) is 4.99 Å². The second-order valence-electron chi connectivity index (χ2n) is 7.94. The average Bonchev–Trinajstić information content (AvgIpc) is 3.30. The van der Waals surface area contributed by atoms with E-state index in [9.17, 15) is 4.79 Å². The molecule has 1 heterocycles. The van der Waals surface area contributed by atoms with E-state index >= 15 is 0 Å². The first-order chi connectivity index (χ1) is 16.6. The number of halogens is 1. The minimum atomic E-state index is -1.12. The van der Waals surface area contributed by atoms with Gasteiger partial charge in [0, 0.05) is 29.5 Å². The molecule has 0 aliphatic carbocycles. The number of benzene rings is 3. The number of ether oxygens (including phenoxy) is 2. The van der Waals surface area contributed by atoms with E-state index in [1.807, 2.05) is 78.9 Å². The molecule has 0 spiro atoms. The first-order valence-corrected chi connectivity index (χ1v) is 11.8. The molecule has 0 saturated carbocycles. The lowest BCUT2D eigenvalue weighted by atomic mass is 9.91. The van der Waals surface area contributed by atoms with Gasteiger partial charge in [-0.2, -0.15) is 0 Å². The van der Waals surface area contributed by atoms with Crippen LogP contribution in [-0.4, -0.2) is 42.3 Å². The van der Waals surface area contributed by atoms with Crippen LogP contribution in [0.25, 0.3) is 0 Å². The highest BCUT2D eigenvalue weighted by molar-refractivity contribution is 9.10. The molecule has 3 N–H and O–H groups in total. The van der Waals surface area contributed by atoms with E-state index in [4.69, 9.17) is 19.6 Å². The van der Waals surface area contributed by atoms with Gasteiger partial charge in [0.1, 0.15) is 12.4 Å². The molecular formula is C26H26BrN3O4. The molecule has 0 aromatic heterocycles. The van der Waals surface area contributed by atoms with Crippen LogP contribution in [0, 0.1) is 0 Å². The maximum Gasteiger partial charge on any atom is 0.270 e. The van der Waals surface area contributed by atoms with Crippen LogP contribution < -0.4 is 15.6 Å². The third kappa shape index (κ3) is 5.95. The summed E-state index contributed by atoms with van der Waals surface area (Å²) in [6, 6.07) is 24.6. The second-order valence-corrected chi connectivity index (χ2v) is 8.85. The number of aliphatic hydroxyl groups excluding tert-OH is 1. The van der Waals surface area contributed by atoms with Crippen LogP contribution in [-0.2, 0) is 16.0 Å². The average molecular weight is 524 g/mol. The third-order valence-electron chi connectivity index (χ3n) is 5.36. The molecule has 176 valence electrons. The van der Waals surface area contributed by atoms with Gasteiger partial charge in [0.2, 0.25) is 5.90 Å². The van der Waals surface area contributed by atoms with Crippen LogP contribution in [0.1, 0.15) is 17.5 Å². The van der Waals surface area contributed by atoms with E-state index < -0.39 is 5.54 Å². The van der Waals surface area contributed by atoms with Crippen LogP contribution in [0.2, 0.25) is 0 Å². The van der Waals surface area contributed by atoms with Crippen LogP contribution >= 0.6 is 15.9 Å². The molecule has 34 heavy (non-hydrogen) atoms. The van der Waals surface area contributed by atoms with Gasteiger partial charge in [-0.05, 0) is 54.1 Å². The van der Waals surface area contributed by atoms with Crippen molar-refractivity contribution in [1.29, 1.82) is 0 Å². The fourth-order valence-electron chi connectivity index (χ4n) is 3.54. The Balaban J connectivity index is 1.55. The maximum atomic E-state index is 13.4. The molecule has 0 bridgehead atoms. The highest BCUT2D eigenvalue weighted by atomic mass is 79.9. The smallest absolute Gasteiger partial charge is 0.270 e. The van der Waals surface area contributed by atoms with Crippen molar-refractivity contribution in [3.63, 3.8) is 0 Å². The summed E-state index contributed by atoms with van der Waals surface area (Å²) in [7, 11) is 0. The van der Waals surface area contributed by atoms with E-state index in [2.05, 4.69) is 26.8 Å². The topological polar surface area (TPSA) is 92.2 Å². The van der Waals surface area contributed by atoms with Crippen molar-refractivity contribution in [3.05, 3.63) is 94.5 Å². The van der Waals surface area contributed by atoms with Gasteiger partial charge in [-0.15, -0.1) is 0 Å². The number of carbonyl (C=O) groups excluding carboxylic acids is 1. The molecule has 1 atom stereocenters. The number of aliphatic imine (C=N–C) groups is 1. The summed E-state index contributed by atoms with van der Waals surface area (Å²) in [6.45, 7) is 0.651. The maximum absolute atomic E-state index is 13.4. The summed E-state index contributed by atoms with van der Waals surface area (Å²) in [5, 5.41) is 8.90. The number of anilines is 1. The largest absolute Gasteiger partial charge is 0.494 e. The van der Waals surface area contributed by atoms with Gasteiger partial charge < -0.3 is 14.6 Å². The van der Waals surface area contributed by atoms with Gasteiger partial charge in [0.05, 0.1) is 12.3 Å². The molecule has 3 aromatic carbocycles. The van der Waals surface area contributed by atoms with Gasteiger partial charge >= 0.3 is 0 Å². The molecule has 3 aromatic rings.